The van der Waals surface area contributed by atoms with Gasteiger partial charge in [0, 0.05) is 19.8 Å². The van der Waals surface area contributed by atoms with E-state index in [9.17, 15) is 4.39 Å². The van der Waals surface area contributed by atoms with Crippen LogP contribution in [0, 0.1) is 5.82 Å². The fraction of sp³-hybridized carbons (Fsp3) is 0.364. The average molecular weight is 259 g/mol. The van der Waals surface area contributed by atoms with E-state index in [2.05, 4.69) is 4.98 Å². The molecule has 92 valence electrons. The number of halogens is 2. The summed E-state index contributed by atoms with van der Waals surface area (Å²) in [5, 5.41) is 0.0165. The standard InChI is InChI=1S/C11H12ClFN2O2/c1-16-3-2-8(14)11-15-9-4-6(12)7(13)5-10(9)17-11/h4-5,8H,2-3,14H2,1H3. The summed E-state index contributed by atoms with van der Waals surface area (Å²) in [7, 11) is 1.59. The largest absolute Gasteiger partial charge is 0.439 e. The molecule has 1 heterocycles. The van der Waals surface area contributed by atoms with Crippen LogP contribution in [0.3, 0.4) is 0 Å². The number of nitrogens with zero attached hydrogens (tertiary/aromatic N) is 1. The van der Waals surface area contributed by atoms with Gasteiger partial charge in [-0.3, -0.25) is 0 Å². The highest BCUT2D eigenvalue weighted by molar-refractivity contribution is 6.31. The minimum Gasteiger partial charge on any atom is -0.439 e. The van der Waals surface area contributed by atoms with E-state index in [1.165, 1.54) is 12.1 Å². The van der Waals surface area contributed by atoms with Crippen molar-refractivity contribution in [1.82, 2.24) is 4.98 Å². The summed E-state index contributed by atoms with van der Waals surface area (Å²) >= 11 is 5.65. The van der Waals surface area contributed by atoms with E-state index in [0.29, 0.717) is 30.0 Å². The number of hydrogen-bond acceptors (Lipinski definition) is 4. The van der Waals surface area contributed by atoms with E-state index < -0.39 is 5.82 Å². The molecule has 2 aromatic rings. The summed E-state index contributed by atoms with van der Waals surface area (Å²) < 4.78 is 23.5. The van der Waals surface area contributed by atoms with Crippen molar-refractivity contribution in [3.05, 3.63) is 28.9 Å². The molecule has 0 bridgehead atoms. The number of hydrogen-bond donors (Lipinski definition) is 1. The number of rotatable bonds is 4. The Bertz CT molecular complexity index is 490. The molecule has 4 nitrogen and oxygen atoms in total. The fourth-order valence-electron chi connectivity index (χ4n) is 1.47. The van der Waals surface area contributed by atoms with E-state index in [0.717, 1.165) is 0 Å². The Morgan fingerprint density at radius 3 is 3.06 bits per heavy atom. The van der Waals surface area contributed by atoms with Crippen LogP contribution in [0.4, 0.5) is 4.39 Å². The lowest BCUT2D eigenvalue weighted by Gasteiger charge is -2.05. The average Bonchev–Trinajstić information content (AvgIpc) is 2.69. The van der Waals surface area contributed by atoms with Gasteiger partial charge < -0.3 is 14.9 Å². The monoisotopic (exact) mass is 258 g/mol. The number of ether oxygens (including phenoxy) is 1. The van der Waals surface area contributed by atoms with Crippen molar-refractivity contribution < 1.29 is 13.5 Å². The molecule has 0 spiro atoms. The van der Waals surface area contributed by atoms with Gasteiger partial charge in [-0.15, -0.1) is 0 Å². The number of fused-ring (bicyclic) bond motifs is 1. The van der Waals surface area contributed by atoms with Gasteiger partial charge >= 0.3 is 0 Å². The van der Waals surface area contributed by atoms with Crippen molar-refractivity contribution >= 4 is 22.7 Å². The number of oxazole rings is 1. The summed E-state index contributed by atoms with van der Waals surface area (Å²) in [6, 6.07) is 2.25. The summed E-state index contributed by atoms with van der Waals surface area (Å²) in [6.07, 6.45) is 0.583. The highest BCUT2D eigenvalue weighted by Crippen LogP contribution is 2.25. The predicted octanol–water partition coefficient (Wildman–Crippen LogP) is 2.66. The second-order valence-corrected chi connectivity index (χ2v) is 4.08. The van der Waals surface area contributed by atoms with Gasteiger partial charge in [0.2, 0.25) is 5.89 Å². The molecular weight excluding hydrogens is 247 g/mol. The predicted molar refractivity (Wildman–Crippen MR) is 62.4 cm³/mol. The van der Waals surface area contributed by atoms with Crippen molar-refractivity contribution in [3.8, 4) is 0 Å². The highest BCUT2D eigenvalue weighted by Gasteiger charge is 2.15. The SMILES string of the molecule is COCCC(N)c1nc2cc(Cl)c(F)cc2o1. The number of methoxy groups -OCH3 is 1. The molecule has 0 saturated heterocycles. The van der Waals surface area contributed by atoms with Crippen molar-refractivity contribution in [2.75, 3.05) is 13.7 Å². The first-order chi connectivity index (χ1) is 8.11. The smallest absolute Gasteiger partial charge is 0.212 e. The van der Waals surface area contributed by atoms with Gasteiger partial charge in [-0.2, -0.15) is 0 Å². The molecule has 0 amide bonds. The lowest BCUT2D eigenvalue weighted by atomic mass is 10.2. The Kier molecular flexibility index (Phi) is 3.61. The van der Waals surface area contributed by atoms with Crippen molar-refractivity contribution in [2.24, 2.45) is 5.73 Å². The minimum absolute atomic E-state index is 0.0165. The second kappa shape index (κ2) is 5.00. The molecule has 2 N–H and O–H groups in total. The first-order valence-electron chi connectivity index (χ1n) is 5.12. The Labute approximate surface area is 103 Å². The second-order valence-electron chi connectivity index (χ2n) is 3.67. The van der Waals surface area contributed by atoms with Crippen LogP contribution in [0.5, 0.6) is 0 Å². The zero-order chi connectivity index (χ0) is 12.4. The van der Waals surface area contributed by atoms with Crippen LogP contribution in [-0.2, 0) is 4.74 Å². The van der Waals surface area contributed by atoms with E-state index >= 15 is 0 Å². The number of benzene rings is 1. The molecule has 0 fully saturated rings. The van der Waals surface area contributed by atoms with Crippen LogP contribution in [0.25, 0.3) is 11.1 Å². The number of aromatic nitrogens is 1. The third-order valence-electron chi connectivity index (χ3n) is 2.40. The molecule has 0 aliphatic rings. The zero-order valence-corrected chi connectivity index (χ0v) is 10.00. The maximum atomic E-state index is 13.2. The zero-order valence-electron chi connectivity index (χ0n) is 9.24. The topological polar surface area (TPSA) is 61.3 Å². The van der Waals surface area contributed by atoms with Crippen molar-refractivity contribution in [3.63, 3.8) is 0 Å². The third-order valence-corrected chi connectivity index (χ3v) is 2.69. The number of nitrogens with two attached hydrogens (primary N) is 1. The lowest BCUT2D eigenvalue weighted by molar-refractivity contribution is 0.184. The van der Waals surface area contributed by atoms with Crippen LogP contribution in [0.2, 0.25) is 5.02 Å². The van der Waals surface area contributed by atoms with Crippen molar-refractivity contribution in [1.29, 1.82) is 0 Å². The lowest BCUT2D eigenvalue weighted by Crippen LogP contribution is -2.12. The minimum atomic E-state index is -0.535. The molecule has 1 aromatic heterocycles. The molecule has 6 heteroatoms. The van der Waals surface area contributed by atoms with Crippen LogP contribution >= 0.6 is 11.6 Å². The molecule has 1 unspecified atom stereocenters. The Hall–Kier alpha value is -1.17. The van der Waals surface area contributed by atoms with E-state index in [-0.39, 0.29) is 11.1 Å². The molecule has 17 heavy (non-hydrogen) atoms. The van der Waals surface area contributed by atoms with Crippen molar-refractivity contribution in [2.45, 2.75) is 12.5 Å². The molecule has 1 aromatic carbocycles. The van der Waals surface area contributed by atoms with Gasteiger partial charge in [-0.1, -0.05) is 11.6 Å². The highest BCUT2D eigenvalue weighted by atomic mass is 35.5. The van der Waals surface area contributed by atoms with Gasteiger partial charge in [-0.25, -0.2) is 9.37 Å². The van der Waals surface area contributed by atoms with Gasteiger partial charge in [0.15, 0.2) is 5.58 Å². The molecule has 0 radical (unpaired) electrons. The maximum Gasteiger partial charge on any atom is 0.212 e. The summed E-state index contributed by atoms with van der Waals surface area (Å²) in [4.78, 5) is 4.17. The molecule has 0 aliphatic heterocycles. The van der Waals surface area contributed by atoms with Crippen LogP contribution < -0.4 is 5.73 Å². The normalized spacial score (nSPS) is 13.2. The molecule has 0 saturated carbocycles. The fourth-order valence-corrected chi connectivity index (χ4v) is 1.63. The van der Waals surface area contributed by atoms with E-state index in [1.807, 2.05) is 0 Å². The summed E-state index contributed by atoms with van der Waals surface area (Å²) in [5.41, 5.74) is 6.70. The van der Waals surface area contributed by atoms with E-state index in [4.69, 9.17) is 26.5 Å². The third kappa shape index (κ3) is 2.57. The van der Waals surface area contributed by atoms with Gasteiger partial charge in [0.1, 0.15) is 11.3 Å². The van der Waals surface area contributed by atoms with E-state index in [1.54, 1.807) is 7.11 Å². The molecule has 1 atom stereocenters. The van der Waals surface area contributed by atoms with Gasteiger partial charge in [-0.05, 0) is 12.5 Å². The summed E-state index contributed by atoms with van der Waals surface area (Å²) in [6.45, 7) is 0.509. The maximum absolute atomic E-state index is 13.2. The summed E-state index contributed by atoms with van der Waals surface area (Å²) in [5.74, 6) is -0.175. The Balaban J connectivity index is 2.31. The van der Waals surface area contributed by atoms with Gasteiger partial charge in [0.25, 0.3) is 0 Å². The first kappa shape index (κ1) is 12.3. The molecule has 2 rings (SSSR count). The molecular formula is C11H12ClFN2O2. The Morgan fingerprint density at radius 2 is 2.35 bits per heavy atom. The molecule has 0 aliphatic carbocycles. The van der Waals surface area contributed by atoms with Gasteiger partial charge in [0.05, 0.1) is 11.1 Å². The van der Waals surface area contributed by atoms with Crippen LogP contribution in [0.15, 0.2) is 16.5 Å². The van der Waals surface area contributed by atoms with Crippen LogP contribution in [0.1, 0.15) is 18.4 Å². The Morgan fingerprint density at radius 1 is 1.59 bits per heavy atom. The first-order valence-corrected chi connectivity index (χ1v) is 5.49. The van der Waals surface area contributed by atoms with Crippen LogP contribution in [-0.4, -0.2) is 18.7 Å². The quantitative estimate of drug-likeness (QED) is 0.916.